The molecule has 2 aromatic heterocycles. The molecule has 0 aliphatic carbocycles. The topological polar surface area (TPSA) is 35.8 Å². The van der Waals surface area contributed by atoms with E-state index in [2.05, 4.69) is 37.4 Å². The third-order valence-corrected chi connectivity index (χ3v) is 4.72. The number of unbranched alkanes of at least 4 members (excludes halogenated alkanes) is 1. The lowest BCUT2D eigenvalue weighted by atomic mass is 10.0. The molecule has 0 saturated heterocycles. The van der Waals surface area contributed by atoms with E-state index in [1.165, 1.54) is 29.7 Å². The van der Waals surface area contributed by atoms with Crippen molar-refractivity contribution < 1.29 is 9.47 Å². The minimum Gasteiger partial charge on any atom is -0.493 e. The summed E-state index contributed by atoms with van der Waals surface area (Å²) in [5, 5.41) is 0. The number of fused-ring (bicyclic) bond motifs is 1. The van der Waals surface area contributed by atoms with Crippen LogP contribution in [0.5, 0.6) is 11.5 Å². The molecule has 0 aliphatic rings. The van der Waals surface area contributed by atoms with Crippen LogP contribution in [0, 0.1) is 13.8 Å². The monoisotopic (exact) mass is 338 g/mol. The van der Waals surface area contributed by atoms with Crippen LogP contribution >= 0.6 is 0 Å². The highest BCUT2D eigenvalue weighted by Gasteiger charge is 2.17. The molecule has 1 aromatic carbocycles. The van der Waals surface area contributed by atoms with Crippen molar-refractivity contribution in [3.05, 3.63) is 47.3 Å². The van der Waals surface area contributed by atoms with Crippen molar-refractivity contribution in [2.75, 3.05) is 14.2 Å². The Kier molecular flexibility index (Phi) is 4.98. The molecule has 0 unspecified atom stereocenters. The first-order valence-corrected chi connectivity index (χ1v) is 8.80. The van der Waals surface area contributed by atoms with E-state index in [4.69, 9.17) is 14.5 Å². The molecule has 25 heavy (non-hydrogen) atoms. The average Bonchev–Trinajstić information content (AvgIpc) is 3.06. The van der Waals surface area contributed by atoms with Gasteiger partial charge in [0.15, 0.2) is 11.5 Å². The second kappa shape index (κ2) is 7.18. The van der Waals surface area contributed by atoms with Gasteiger partial charge in [-0.1, -0.05) is 19.4 Å². The Morgan fingerprint density at radius 2 is 1.92 bits per heavy atom. The summed E-state index contributed by atoms with van der Waals surface area (Å²) in [6.45, 7) is 6.52. The van der Waals surface area contributed by atoms with Gasteiger partial charge in [-0.15, -0.1) is 0 Å². The number of imidazole rings is 1. The molecule has 132 valence electrons. The van der Waals surface area contributed by atoms with Crippen molar-refractivity contribution in [1.29, 1.82) is 0 Å². The lowest BCUT2D eigenvalue weighted by Gasteiger charge is -2.10. The van der Waals surface area contributed by atoms with E-state index < -0.39 is 0 Å². The molecule has 2 heterocycles. The minimum absolute atomic E-state index is 0.719. The fourth-order valence-corrected chi connectivity index (χ4v) is 3.39. The average molecular weight is 338 g/mol. The summed E-state index contributed by atoms with van der Waals surface area (Å²) >= 11 is 0. The molecule has 4 nitrogen and oxygen atoms in total. The van der Waals surface area contributed by atoms with Gasteiger partial charge < -0.3 is 13.9 Å². The summed E-state index contributed by atoms with van der Waals surface area (Å²) < 4.78 is 13.2. The highest BCUT2D eigenvalue weighted by molar-refractivity contribution is 5.73. The van der Waals surface area contributed by atoms with Gasteiger partial charge in [-0.25, -0.2) is 4.98 Å². The highest BCUT2D eigenvalue weighted by Crippen LogP contribution is 2.38. The van der Waals surface area contributed by atoms with E-state index in [1.807, 2.05) is 18.2 Å². The molecule has 3 rings (SSSR count). The summed E-state index contributed by atoms with van der Waals surface area (Å²) in [7, 11) is 3.32. The summed E-state index contributed by atoms with van der Waals surface area (Å²) in [4.78, 5) is 4.97. The Morgan fingerprint density at radius 1 is 1.12 bits per heavy atom. The molecule has 3 aromatic rings. The number of benzene rings is 1. The van der Waals surface area contributed by atoms with Gasteiger partial charge in [-0.05, 0) is 56.0 Å². The second-order valence-corrected chi connectivity index (χ2v) is 6.41. The number of methoxy groups -OCH3 is 2. The Hall–Kier alpha value is -2.49. The largest absolute Gasteiger partial charge is 0.493 e. The molecular formula is C21H26N2O2. The lowest BCUT2D eigenvalue weighted by molar-refractivity contribution is 0.356. The van der Waals surface area contributed by atoms with Gasteiger partial charge in [0.1, 0.15) is 5.65 Å². The van der Waals surface area contributed by atoms with Gasteiger partial charge >= 0.3 is 0 Å². The summed E-state index contributed by atoms with van der Waals surface area (Å²) in [5.74, 6) is 1.44. The summed E-state index contributed by atoms with van der Waals surface area (Å²) in [6, 6.07) is 8.14. The van der Waals surface area contributed by atoms with Crippen LogP contribution in [0.15, 0.2) is 30.5 Å². The highest BCUT2D eigenvalue weighted by atomic mass is 16.5. The number of rotatable bonds is 6. The first-order valence-electron chi connectivity index (χ1n) is 8.80. The molecule has 0 spiro atoms. The van der Waals surface area contributed by atoms with E-state index in [0.717, 1.165) is 34.8 Å². The molecule has 0 aliphatic heterocycles. The number of pyridine rings is 1. The third kappa shape index (κ3) is 3.09. The van der Waals surface area contributed by atoms with Gasteiger partial charge in [-0.2, -0.15) is 0 Å². The molecule has 0 radical (unpaired) electrons. The molecule has 0 bridgehead atoms. The zero-order valence-electron chi connectivity index (χ0n) is 15.7. The van der Waals surface area contributed by atoms with Crippen LogP contribution in [0.1, 0.15) is 36.6 Å². The normalized spacial score (nSPS) is 11.1. The molecule has 0 fully saturated rings. The lowest BCUT2D eigenvalue weighted by Crippen LogP contribution is -1.99. The van der Waals surface area contributed by atoms with Crippen LogP contribution in [-0.4, -0.2) is 23.6 Å². The Bertz CT molecular complexity index is 897. The van der Waals surface area contributed by atoms with Crippen LogP contribution in [0.3, 0.4) is 0 Å². The first kappa shape index (κ1) is 17.3. The maximum absolute atomic E-state index is 5.59. The number of ether oxygens (including phenoxy) is 2. The first-order chi connectivity index (χ1) is 12.1. The summed E-state index contributed by atoms with van der Waals surface area (Å²) in [6.07, 6.45) is 5.50. The van der Waals surface area contributed by atoms with Crippen LogP contribution < -0.4 is 9.47 Å². The second-order valence-electron chi connectivity index (χ2n) is 6.41. The molecule has 0 saturated carbocycles. The van der Waals surface area contributed by atoms with E-state index in [-0.39, 0.29) is 0 Å². The number of hydrogen-bond donors (Lipinski definition) is 0. The van der Waals surface area contributed by atoms with Gasteiger partial charge in [0.2, 0.25) is 0 Å². The van der Waals surface area contributed by atoms with Crippen LogP contribution in [0.2, 0.25) is 0 Å². The van der Waals surface area contributed by atoms with Crippen LogP contribution in [-0.2, 0) is 6.42 Å². The van der Waals surface area contributed by atoms with Crippen molar-refractivity contribution in [3.63, 3.8) is 0 Å². The predicted octanol–water partition coefficient (Wildman–Crippen LogP) is 4.98. The quantitative estimate of drug-likeness (QED) is 0.636. The molecular weight excluding hydrogens is 312 g/mol. The molecule has 0 N–H and O–H groups in total. The number of para-hydroxylation sites is 1. The Morgan fingerprint density at radius 3 is 2.60 bits per heavy atom. The van der Waals surface area contributed by atoms with Crippen molar-refractivity contribution in [3.8, 4) is 22.8 Å². The fraction of sp³-hybridized carbons (Fsp3) is 0.381. The van der Waals surface area contributed by atoms with Crippen molar-refractivity contribution in [2.24, 2.45) is 0 Å². The van der Waals surface area contributed by atoms with Gasteiger partial charge in [0, 0.05) is 17.5 Å². The fourth-order valence-electron chi connectivity index (χ4n) is 3.39. The predicted molar refractivity (Wildman–Crippen MR) is 102 cm³/mol. The van der Waals surface area contributed by atoms with Crippen LogP contribution in [0.4, 0.5) is 0 Å². The summed E-state index contributed by atoms with van der Waals surface area (Å²) in [5.41, 5.74) is 6.74. The molecule has 4 heteroatoms. The number of aromatic nitrogens is 2. The third-order valence-electron chi connectivity index (χ3n) is 4.72. The maximum atomic E-state index is 5.59. The van der Waals surface area contributed by atoms with Gasteiger partial charge in [-0.3, -0.25) is 0 Å². The minimum atomic E-state index is 0.719. The molecule has 0 atom stereocenters. The molecule has 0 amide bonds. The van der Waals surface area contributed by atoms with Gasteiger partial charge in [0.25, 0.3) is 0 Å². The van der Waals surface area contributed by atoms with Crippen molar-refractivity contribution in [2.45, 2.75) is 40.0 Å². The van der Waals surface area contributed by atoms with E-state index in [9.17, 15) is 0 Å². The smallest absolute Gasteiger partial charge is 0.170 e. The number of aryl methyl sites for hydroxylation is 3. The maximum Gasteiger partial charge on any atom is 0.170 e. The number of nitrogens with zero attached hydrogens (tertiary/aromatic N) is 2. The SMILES string of the molecule is CCCCc1c(C)cc(C)n2cc(-c3cccc(OC)c3OC)nc12. The Labute approximate surface area is 149 Å². The Balaban J connectivity index is 2.21. The van der Waals surface area contributed by atoms with Crippen LogP contribution in [0.25, 0.3) is 16.9 Å². The number of hydrogen-bond acceptors (Lipinski definition) is 3. The zero-order chi connectivity index (χ0) is 18.0. The van der Waals surface area contributed by atoms with E-state index in [1.54, 1.807) is 14.2 Å². The van der Waals surface area contributed by atoms with Crippen molar-refractivity contribution >= 4 is 5.65 Å². The van der Waals surface area contributed by atoms with Crippen molar-refractivity contribution in [1.82, 2.24) is 9.38 Å². The zero-order valence-corrected chi connectivity index (χ0v) is 15.7. The van der Waals surface area contributed by atoms with Gasteiger partial charge in [0.05, 0.1) is 19.9 Å². The standard InChI is InChI=1S/C21H26N2O2/c1-6-7-9-16-14(2)12-15(3)23-13-18(22-21(16)23)17-10-8-11-19(24-4)20(17)25-5/h8,10-13H,6-7,9H2,1-5H3. The van der Waals surface area contributed by atoms with E-state index in [0.29, 0.717) is 0 Å². The van der Waals surface area contributed by atoms with E-state index >= 15 is 0 Å².